The third kappa shape index (κ3) is 2.20. The molecule has 0 bridgehead atoms. The summed E-state index contributed by atoms with van der Waals surface area (Å²) in [4.78, 5) is 23.4. The van der Waals surface area contributed by atoms with Crippen LogP contribution in [0.5, 0.6) is 0 Å². The van der Waals surface area contributed by atoms with Crippen LogP contribution in [0.25, 0.3) is 0 Å². The lowest BCUT2D eigenvalue weighted by Crippen LogP contribution is -2.21. The zero-order valence-electron chi connectivity index (χ0n) is 10.5. The van der Waals surface area contributed by atoms with Crippen molar-refractivity contribution in [2.75, 3.05) is 18.0 Å². The van der Waals surface area contributed by atoms with Crippen molar-refractivity contribution in [1.82, 2.24) is 0 Å². The molecule has 5 heteroatoms. The lowest BCUT2D eigenvalue weighted by atomic mass is 10.0. The summed E-state index contributed by atoms with van der Waals surface area (Å²) >= 11 is 0. The summed E-state index contributed by atoms with van der Waals surface area (Å²) in [6, 6.07) is 4.47. The predicted octanol–water partition coefficient (Wildman–Crippen LogP) is 2.50. The Morgan fingerprint density at radius 1 is 1.33 bits per heavy atom. The van der Waals surface area contributed by atoms with Crippen molar-refractivity contribution in [2.45, 2.75) is 13.8 Å². The van der Waals surface area contributed by atoms with Gasteiger partial charge < -0.3 is 4.90 Å². The molecule has 18 heavy (non-hydrogen) atoms. The Morgan fingerprint density at radius 3 is 2.44 bits per heavy atom. The zero-order chi connectivity index (χ0) is 13.3. The number of nitrogens with zero attached hydrogens (tertiary/aromatic N) is 2. The Bertz CT molecular complexity index is 477. The highest BCUT2D eigenvalue weighted by Gasteiger charge is 2.27. The molecule has 1 saturated heterocycles. The lowest BCUT2D eigenvalue weighted by Gasteiger charge is -2.19. The van der Waals surface area contributed by atoms with Crippen molar-refractivity contribution in [3.63, 3.8) is 0 Å². The second-order valence-corrected chi connectivity index (χ2v) is 4.98. The monoisotopic (exact) mass is 248 g/mol. The molecule has 2 atom stereocenters. The predicted molar refractivity (Wildman–Crippen MR) is 69.0 cm³/mol. The average Bonchev–Trinajstić information content (AvgIpc) is 2.68. The standard InChI is InChI=1S/C13H16N2O3/c1-9-6-14(7-10(9)2)13-4-3-12(15(17)18)5-11(13)8-16/h3-5,8-10H,6-7H2,1-2H3. The van der Waals surface area contributed by atoms with Gasteiger partial charge in [0.15, 0.2) is 6.29 Å². The first kappa shape index (κ1) is 12.5. The maximum atomic E-state index is 11.1. The van der Waals surface area contributed by atoms with E-state index in [9.17, 15) is 14.9 Å². The Morgan fingerprint density at radius 2 is 1.94 bits per heavy atom. The summed E-state index contributed by atoms with van der Waals surface area (Å²) < 4.78 is 0. The van der Waals surface area contributed by atoms with Crippen LogP contribution in [0.3, 0.4) is 0 Å². The summed E-state index contributed by atoms with van der Waals surface area (Å²) in [6.07, 6.45) is 0.690. The number of non-ortho nitro benzene ring substituents is 1. The highest BCUT2D eigenvalue weighted by atomic mass is 16.6. The molecule has 0 aromatic heterocycles. The zero-order valence-corrected chi connectivity index (χ0v) is 10.5. The van der Waals surface area contributed by atoms with Crippen molar-refractivity contribution in [3.8, 4) is 0 Å². The summed E-state index contributed by atoms with van der Waals surface area (Å²) in [6.45, 7) is 6.13. The van der Waals surface area contributed by atoms with E-state index < -0.39 is 4.92 Å². The van der Waals surface area contributed by atoms with E-state index in [0.29, 0.717) is 23.7 Å². The van der Waals surface area contributed by atoms with Gasteiger partial charge in [-0.25, -0.2) is 0 Å². The molecule has 1 aromatic carbocycles. The minimum Gasteiger partial charge on any atom is -0.370 e. The van der Waals surface area contributed by atoms with Gasteiger partial charge in [-0.1, -0.05) is 13.8 Å². The van der Waals surface area contributed by atoms with E-state index >= 15 is 0 Å². The van der Waals surface area contributed by atoms with Crippen LogP contribution in [0.15, 0.2) is 18.2 Å². The number of benzene rings is 1. The van der Waals surface area contributed by atoms with Crippen LogP contribution in [0.1, 0.15) is 24.2 Å². The van der Waals surface area contributed by atoms with Crippen molar-refractivity contribution < 1.29 is 9.72 Å². The molecule has 5 nitrogen and oxygen atoms in total. The molecule has 1 heterocycles. The number of nitro groups is 1. The van der Waals surface area contributed by atoms with Crippen LogP contribution >= 0.6 is 0 Å². The minimum atomic E-state index is -0.480. The van der Waals surface area contributed by atoms with Gasteiger partial charge >= 0.3 is 0 Å². The first-order valence-corrected chi connectivity index (χ1v) is 6.01. The van der Waals surface area contributed by atoms with Gasteiger partial charge in [0, 0.05) is 36.5 Å². The molecule has 2 unspecified atom stereocenters. The summed E-state index contributed by atoms with van der Waals surface area (Å²) in [5.74, 6) is 1.14. The third-order valence-corrected chi connectivity index (χ3v) is 3.68. The Balaban J connectivity index is 2.34. The molecule has 0 spiro atoms. The van der Waals surface area contributed by atoms with E-state index in [2.05, 4.69) is 18.7 Å². The molecule has 1 aromatic rings. The second-order valence-electron chi connectivity index (χ2n) is 4.98. The number of carbonyl (C=O) groups is 1. The van der Waals surface area contributed by atoms with Crippen LogP contribution < -0.4 is 4.90 Å². The van der Waals surface area contributed by atoms with Gasteiger partial charge in [0.05, 0.1) is 4.92 Å². The van der Waals surface area contributed by atoms with Gasteiger partial charge in [-0.05, 0) is 17.9 Å². The van der Waals surface area contributed by atoms with Gasteiger partial charge in [0.25, 0.3) is 5.69 Å². The van der Waals surface area contributed by atoms with Gasteiger partial charge in [-0.15, -0.1) is 0 Å². The number of hydrogen-bond donors (Lipinski definition) is 0. The Kier molecular flexibility index (Phi) is 3.32. The van der Waals surface area contributed by atoms with Gasteiger partial charge in [-0.2, -0.15) is 0 Å². The quantitative estimate of drug-likeness (QED) is 0.468. The van der Waals surface area contributed by atoms with Crippen molar-refractivity contribution in [2.24, 2.45) is 11.8 Å². The fourth-order valence-electron chi connectivity index (χ4n) is 2.36. The third-order valence-electron chi connectivity index (χ3n) is 3.68. The molecular weight excluding hydrogens is 232 g/mol. The van der Waals surface area contributed by atoms with Crippen molar-refractivity contribution >= 4 is 17.7 Å². The molecule has 0 amide bonds. The smallest absolute Gasteiger partial charge is 0.270 e. The van der Waals surface area contributed by atoms with Crippen molar-refractivity contribution in [3.05, 3.63) is 33.9 Å². The number of hydrogen-bond acceptors (Lipinski definition) is 4. The van der Waals surface area contributed by atoms with Gasteiger partial charge in [-0.3, -0.25) is 14.9 Å². The minimum absolute atomic E-state index is 0.0406. The van der Waals surface area contributed by atoms with E-state index in [1.807, 2.05) is 0 Å². The highest BCUT2D eigenvalue weighted by molar-refractivity contribution is 5.86. The maximum absolute atomic E-state index is 11.1. The van der Waals surface area contributed by atoms with E-state index in [-0.39, 0.29) is 5.69 Å². The van der Waals surface area contributed by atoms with E-state index in [1.165, 1.54) is 12.1 Å². The van der Waals surface area contributed by atoms with Gasteiger partial charge in [0.1, 0.15) is 0 Å². The Labute approximate surface area is 106 Å². The highest BCUT2D eigenvalue weighted by Crippen LogP contribution is 2.31. The van der Waals surface area contributed by atoms with Crippen LogP contribution in [0.2, 0.25) is 0 Å². The number of nitro benzene ring substituents is 1. The molecule has 0 aliphatic carbocycles. The fraction of sp³-hybridized carbons (Fsp3) is 0.462. The van der Waals surface area contributed by atoms with Crippen molar-refractivity contribution in [1.29, 1.82) is 0 Å². The summed E-state index contributed by atoms with van der Waals surface area (Å²) in [5.41, 5.74) is 1.15. The van der Waals surface area contributed by atoms with Crippen LogP contribution in [0.4, 0.5) is 11.4 Å². The molecule has 0 N–H and O–H groups in total. The van der Waals surface area contributed by atoms with Crippen LogP contribution in [0, 0.1) is 22.0 Å². The second kappa shape index (κ2) is 4.76. The largest absolute Gasteiger partial charge is 0.370 e. The van der Waals surface area contributed by atoms with Crippen LogP contribution in [-0.2, 0) is 0 Å². The molecule has 0 saturated carbocycles. The Hall–Kier alpha value is -1.91. The number of aldehydes is 1. The first-order chi connectivity index (χ1) is 8.52. The molecule has 1 aliphatic rings. The first-order valence-electron chi connectivity index (χ1n) is 6.01. The normalized spacial score (nSPS) is 23.1. The lowest BCUT2D eigenvalue weighted by molar-refractivity contribution is -0.384. The average molecular weight is 248 g/mol. The molecule has 96 valence electrons. The van der Waals surface area contributed by atoms with Crippen LogP contribution in [-0.4, -0.2) is 24.3 Å². The molecule has 1 fully saturated rings. The molecular formula is C13H16N2O3. The molecule has 1 aliphatic heterocycles. The number of rotatable bonds is 3. The number of carbonyl (C=O) groups excluding carboxylic acids is 1. The maximum Gasteiger partial charge on any atom is 0.270 e. The molecule has 2 rings (SSSR count). The topological polar surface area (TPSA) is 63.4 Å². The van der Waals surface area contributed by atoms with E-state index in [1.54, 1.807) is 6.07 Å². The van der Waals surface area contributed by atoms with E-state index in [0.717, 1.165) is 18.8 Å². The fourth-order valence-corrected chi connectivity index (χ4v) is 2.36. The van der Waals surface area contributed by atoms with Gasteiger partial charge in [0.2, 0.25) is 0 Å². The van der Waals surface area contributed by atoms with E-state index in [4.69, 9.17) is 0 Å². The summed E-state index contributed by atoms with van der Waals surface area (Å²) in [7, 11) is 0. The SMILES string of the molecule is CC1CN(c2ccc([N+](=O)[O-])cc2C=O)CC1C. The summed E-state index contributed by atoms with van der Waals surface area (Å²) in [5, 5.41) is 10.7. The molecule has 0 radical (unpaired) electrons. The number of anilines is 1.